The van der Waals surface area contributed by atoms with Gasteiger partial charge in [0, 0.05) is 19.1 Å². The lowest BCUT2D eigenvalue weighted by atomic mass is 9.87. The van der Waals surface area contributed by atoms with Gasteiger partial charge in [0.2, 0.25) is 5.91 Å². The number of sulfone groups is 1. The van der Waals surface area contributed by atoms with Gasteiger partial charge in [-0.15, -0.1) is 0 Å². The summed E-state index contributed by atoms with van der Waals surface area (Å²) in [6.07, 6.45) is 0.479. The highest BCUT2D eigenvalue weighted by atomic mass is 32.2. The predicted molar refractivity (Wildman–Crippen MR) is 71.9 cm³/mol. The fraction of sp³-hybridized carbons (Fsp3) is 0.833. The Morgan fingerprint density at radius 3 is 2.55 bits per heavy atom. The lowest BCUT2D eigenvalue weighted by Gasteiger charge is -2.40. The van der Waals surface area contributed by atoms with Crippen LogP contribution in [0.1, 0.15) is 13.3 Å². The molecule has 0 spiro atoms. The van der Waals surface area contributed by atoms with Crippen molar-refractivity contribution in [2.75, 3.05) is 31.1 Å². The molecule has 2 aliphatic heterocycles. The van der Waals surface area contributed by atoms with Crippen LogP contribution >= 0.6 is 0 Å². The summed E-state index contributed by atoms with van der Waals surface area (Å²) >= 11 is 0. The second kappa shape index (κ2) is 5.69. The molecule has 0 aliphatic carbocycles. The van der Waals surface area contributed by atoms with Crippen LogP contribution in [0.3, 0.4) is 0 Å². The summed E-state index contributed by atoms with van der Waals surface area (Å²) in [4.78, 5) is 24.4. The summed E-state index contributed by atoms with van der Waals surface area (Å²) in [5.74, 6) is -1.14. The third-order valence-corrected chi connectivity index (χ3v) is 5.81. The van der Waals surface area contributed by atoms with E-state index in [2.05, 4.69) is 5.32 Å². The summed E-state index contributed by atoms with van der Waals surface area (Å²) in [5, 5.41) is 11.6. The SMILES string of the molecule is CC(C(=O)O)C1CN(CC(=O)NC2CCS(=O)(=O)C2)C1. The molecule has 0 saturated carbocycles. The van der Waals surface area contributed by atoms with Gasteiger partial charge in [-0.05, 0) is 12.3 Å². The van der Waals surface area contributed by atoms with Crippen LogP contribution in [0.25, 0.3) is 0 Å². The Hall–Kier alpha value is -1.15. The van der Waals surface area contributed by atoms with Crippen LogP contribution in [0.2, 0.25) is 0 Å². The first-order valence-electron chi connectivity index (χ1n) is 6.72. The van der Waals surface area contributed by atoms with Gasteiger partial charge in [0.1, 0.15) is 0 Å². The predicted octanol–water partition coefficient (Wildman–Crippen LogP) is -1.06. The largest absolute Gasteiger partial charge is 0.481 e. The Kier molecular flexibility index (Phi) is 4.33. The molecule has 0 bridgehead atoms. The maximum Gasteiger partial charge on any atom is 0.306 e. The monoisotopic (exact) mass is 304 g/mol. The highest BCUT2D eigenvalue weighted by molar-refractivity contribution is 7.91. The molecular weight excluding hydrogens is 284 g/mol. The molecule has 0 aromatic heterocycles. The number of amides is 1. The standard InChI is InChI=1S/C12H20N2O5S/c1-8(12(16)17)9-4-14(5-9)6-11(15)13-10-2-3-20(18,19)7-10/h8-10H,2-7H2,1H3,(H,13,15)(H,16,17). The quantitative estimate of drug-likeness (QED) is 0.671. The van der Waals surface area contributed by atoms with E-state index in [1.807, 2.05) is 4.90 Å². The number of hydrogen-bond donors (Lipinski definition) is 2. The van der Waals surface area contributed by atoms with Gasteiger partial charge in [-0.2, -0.15) is 0 Å². The number of hydrogen-bond acceptors (Lipinski definition) is 5. The van der Waals surface area contributed by atoms with Crippen LogP contribution in [0.15, 0.2) is 0 Å². The first-order valence-corrected chi connectivity index (χ1v) is 8.54. The molecular formula is C12H20N2O5S. The molecule has 2 unspecified atom stereocenters. The summed E-state index contributed by atoms with van der Waals surface area (Å²) < 4.78 is 22.6. The zero-order valence-corrected chi connectivity index (χ0v) is 12.2. The Labute approximate surface area is 118 Å². The molecule has 2 aliphatic rings. The van der Waals surface area contributed by atoms with Crippen LogP contribution in [0.5, 0.6) is 0 Å². The second-order valence-corrected chi connectivity index (χ2v) is 7.98. The van der Waals surface area contributed by atoms with Crippen molar-refractivity contribution in [2.24, 2.45) is 11.8 Å². The summed E-state index contributed by atoms with van der Waals surface area (Å²) in [6, 6.07) is -0.275. The number of carboxylic acids is 1. The van der Waals surface area contributed by atoms with Gasteiger partial charge in [-0.25, -0.2) is 8.42 Å². The molecule has 1 amide bonds. The summed E-state index contributed by atoms with van der Waals surface area (Å²) in [5.41, 5.74) is 0. The number of nitrogens with zero attached hydrogens (tertiary/aromatic N) is 1. The van der Waals surface area contributed by atoms with Gasteiger partial charge in [0.15, 0.2) is 9.84 Å². The van der Waals surface area contributed by atoms with Gasteiger partial charge >= 0.3 is 5.97 Å². The zero-order chi connectivity index (χ0) is 14.9. The molecule has 2 heterocycles. The first kappa shape index (κ1) is 15.2. The summed E-state index contributed by atoms with van der Waals surface area (Å²) in [7, 11) is -2.98. The van der Waals surface area contributed by atoms with Crippen LogP contribution in [-0.2, 0) is 19.4 Å². The van der Waals surface area contributed by atoms with E-state index >= 15 is 0 Å². The van der Waals surface area contributed by atoms with E-state index in [9.17, 15) is 18.0 Å². The Morgan fingerprint density at radius 1 is 1.40 bits per heavy atom. The van der Waals surface area contributed by atoms with Crippen LogP contribution in [0, 0.1) is 11.8 Å². The van der Waals surface area contributed by atoms with Crippen LogP contribution < -0.4 is 5.32 Å². The van der Waals surface area contributed by atoms with Crippen molar-refractivity contribution < 1.29 is 23.1 Å². The molecule has 0 aromatic carbocycles. The molecule has 8 heteroatoms. The van der Waals surface area contributed by atoms with Crippen LogP contribution in [-0.4, -0.2) is 67.5 Å². The van der Waals surface area contributed by atoms with E-state index < -0.39 is 21.7 Å². The number of nitrogens with one attached hydrogen (secondary N) is 1. The average Bonchev–Trinajstić information content (AvgIpc) is 2.61. The average molecular weight is 304 g/mol. The summed E-state index contributed by atoms with van der Waals surface area (Å²) in [6.45, 7) is 3.08. The molecule has 2 N–H and O–H groups in total. The highest BCUT2D eigenvalue weighted by Gasteiger charge is 2.36. The number of rotatable bonds is 5. The van der Waals surface area contributed by atoms with E-state index in [1.54, 1.807) is 6.92 Å². The molecule has 20 heavy (non-hydrogen) atoms. The van der Waals surface area contributed by atoms with Gasteiger partial charge in [0.25, 0.3) is 0 Å². The number of likely N-dealkylation sites (tertiary alicyclic amines) is 1. The molecule has 0 radical (unpaired) electrons. The minimum absolute atomic E-state index is 0.0252. The molecule has 2 fully saturated rings. The van der Waals surface area contributed by atoms with E-state index in [-0.39, 0.29) is 35.9 Å². The maximum atomic E-state index is 11.8. The number of aliphatic carboxylic acids is 1. The van der Waals surface area contributed by atoms with Crippen molar-refractivity contribution in [1.82, 2.24) is 10.2 Å². The van der Waals surface area contributed by atoms with E-state index in [4.69, 9.17) is 5.11 Å². The fourth-order valence-corrected chi connectivity index (χ4v) is 4.32. The molecule has 2 atom stereocenters. The smallest absolute Gasteiger partial charge is 0.306 e. The Morgan fingerprint density at radius 2 is 2.05 bits per heavy atom. The van der Waals surface area contributed by atoms with Gasteiger partial charge in [0.05, 0.1) is 24.0 Å². The lowest BCUT2D eigenvalue weighted by molar-refractivity contribution is -0.145. The van der Waals surface area contributed by atoms with Crippen molar-refractivity contribution >= 4 is 21.7 Å². The van der Waals surface area contributed by atoms with E-state index in [0.29, 0.717) is 19.5 Å². The van der Waals surface area contributed by atoms with Crippen molar-refractivity contribution in [3.8, 4) is 0 Å². The van der Waals surface area contributed by atoms with Gasteiger partial charge < -0.3 is 10.4 Å². The molecule has 2 saturated heterocycles. The van der Waals surface area contributed by atoms with Crippen molar-refractivity contribution in [1.29, 1.82) is 0 Å². The normalized spacial score (nSPS) is 27.8. The van der Waals surface area contributed by atoms with Crippen molar-refractivity contribution in [2.45, 2.75) is 19.4 Å². The minimum Gasteiger partial charge on any atom is -0.481 e. The molecule has 0 aromatic rings. The Bertz CT molecular complexity index is 498. The van der Waals surface area contributed by atoms with E-state index in [0.717, 1.165) is 0 Å². The number of carbonyl (C=O) groups excluding carboxylic acids is 1. The third-order valence-electron chi connectivity index (χ3n) is 4.05. The van der Waals surface area contributed by atoms with Crippen LogP contribution in [0.4, 0.5) is 0 Å². The van der Waals surface area contributed by atoms with Crippen molar-refractivity contribution in [3.63, 3.8) is 0 Å². The Balaban J connectivity index is 1.69. The fourth-order valence-electron chi connectivity index (χ4n) is 2.64. The van der Waals surface area contributed by atoms with Gasteiger partial charge in [-0.1, -0.05) is 6.92 Å². The third kappa shape index (κ3) is 3.69. The first-order chi connectivity index (χ1) is 9.27. The van der Waals surface area contributed by atoms with E-state index in [1.165, 1.54) is 0 Å². The molecule has 2 rings (SSSR count). The topological polar surface area (TPSA) is 104 Å². The zero-order valence-electron chi connectivity index (χ0n) is 11.4. The minimum atomic E-state index is -2.98. The number of carbonyl (C=O) groups is 2. The maximum absolute atomic E-state index is 11.8. The van der Waals surface area contributed by atoms with Crippen molar-refractivity contribution in [3.05, 3.63) is 0 Å². The second-order valence-electron chi connectivity index (χ2n) is 5.75. The highest BCUT2D eigenvalue weighted by Crippen LogP contribution is 2.23. The lowest BCUT2D eigenvalue weighted by Crippen LogP contribution is -2.54. The molecule has 7 nitrogen and oxygen atoms in total. The van der Waals surface area contributed by atoms with Gasteiger partial charge in [-0.3, -0.25) is 14.5 Å². The molecule has 114 valence electrons. The number of carboxylic acid groups (broad SMARTS) is 1.